The first kappa shape index (κ1) is 15.3. The summed E-state index contributed by atoms with van der Waals surface area (Å²) in [5.74, 6) is -1.63. The molecule has 0 aliphatic carbocycles. The molecule has 0 radical (unpaired) electrons. The number of aliphatic carboxylic acids is 1. The van der Waals surface area contributed by atoms with Gasteiger partial charge in [0.2, 0.25) is 0 Å². The van der Waals surface area contributed by atoms with Crippen molar-refractivity contribution in [3.63, 3.8) is 0 Å². The molecular weight excluding hydrogens is 272 g/mol. The summed E-state index contributed by atoms with van der Waals surface area (Å²) in [7, 11) is -3.64. The van der Waals surface area contributed by atoms with Crippen LogP contribution in [0.25, 0.3) is 0 Å². The van der Waals surface area contributed by atoms with Crippen molar-refractivity contribution < 1.29 is 27.8 Å². The van der Waals surface area contributed by atoms with Gasteiger partial charge in [-0.3, -0.25) is 4.79 Å². The Balaban J connectivity index is 2.56. The Morgan fingerprint density at radius 3 is 2.32 bits per heavy atom. The first-order valence-corrected chi connectivity index (χ1v) is 7.53. The molecule has 1 aromatic rings. The van der Waals surface area contributed by atoms with E-state index in [-0.39, 0.29) is 12.4 Å². The zero-order valence-corrected chi connectivity index (χ0v) is 11.4. The third-order valence-corrected chi connectivity index (χ3v) is 3.62. The van der Waals surface area contributed by atoms with Crippen molar-refractivity contribution in [2.45, 2.75) is 6.92 Å². The lowest BCUT2D eigenvalue weighted by atomic mass is 10.3. The van der Waals surface area contributed by atoms with Crippen LogP contribution >= 0.6 is 0 Å². The van der Waals surface area contributed by atoms with Crippen LogP contribution in [-0.2, 0) is 14.6 Å². The Bertz CT molecular complexity index is 523. The summed E-state index contributed by atoms with van der Waals surface area (Å²) in [6, 6.07) is 6.89. The molecule has 1 aromatic carbocycles. The topological polar surface area (TPSA) is 89.9 Å². The molecule has 1 rings (SSSR count). The molecule has 0 aliphatic heterocycles. The van der Waals surface area contributed by atoms with E-state index >= 15 is 0 Å². The standard InChI is InChI=1S/C12H16O6S/c1-2-17-10-5-3-4-6-11(10)18-7-8-19(15,16)9-12(13)14/h3-6H,2,7-9H2,1H3,(H,13,14). The molecule has 6 nitrogen and oxygen atoms in total. The molecule has 0 amide bonds. The monoisotopic (exact) mass is 288 g/mol. The number of para-hydroxylation sites is 2. The molecule has 19 heavy (non-hydrogen) atoms. The SMILES string of the molecule is CCOc1ccccc1OCCS(=O)(=O)CC(=O)O. The molecule has 0 atom stereocenters. The minimum atomic E-state index is -3.64. The normalized spacial score (nSPS) is 11.0. The van der Waals surface area contributed by atoms with Crippen molar-refractivity contribution in [3.8, 4) is 11.5 Å². The van der Waals surface area contributed by atoms with Crippen molar-refractivity contribution in [2.24, 2.45) is 0 Å². The fraction of sp³-hybridized carbons (Fsp3) is 0.417. The largest absolute Gasteiger partial charge is 0.490 e. The zero-order valence-electron chi connectivity index (χ0n) is 10.5. The van der Waals surface area contributed by atoms with Gasteiger partial charge in [-0.05, 0) is 19.1 Å². The summed E-state index contributed by atoms with van der Waals surface area (Å²) in [6.07, 6.45) is 0. The van der Waals surface area contributed by atoms with Crippen LogP contribution in [0.5, 0.6) is 11.5 Å². The fourth-order valence-electron chi connectivity index (χ4n) is 1.38. The third kappa shape index (κ3) is 5.60. The molecule has 0 unspecified atom stereocenters. The first-order valence-electron chi connectivity index (χ1n) is 5.71. The van der Waals surface area contributed by atoms with Crippen LogP contribution in [0.2, 0.25) is 0 Å². The smallest absolute Gasteiger partial charge is 0.318 e. The van der Waals surface area contributed by atoms with E-state index in [9.17, 15) is 13.2 Å². The summed E-state index contributed by atoms with van der Waals surface area (Å²) in [5, 5.41) is 8.44. The lowest BCUT2D eigenvalue weighted by molar-refractivity contribution is -0.134. The summed E-state index contributed by atoms with van der Waals surface area (Å²) >= 11 is 0. The lowest BCUT2D eigenvalue weighted by Crippen LogP contribution is -2.22. The quantitative estimate of drug-likeness (QED) is 0.766. The molecular formula is C12H16O6S. The predicted octanol–water partition coefficient (Wildman–Crippen LogP) is 0.964. The molecule has 0 aromatic heterocycles. The highest BCUT2D eigenvalue weighted by Gasteiger charge is 2.16. The van der Waals surface area contributed by atoms with Crippen LogP contribution in [-0.4, -0.2) is 44.2 Å². The second-order valence-corrected chi connectivity index (χ2v) is 5.90. The Kier molecular flexibility index (Phi) is 5.62. The number of ether oxygens (including phenoxy) is 2. The number of hydrogen-bond donors (Lipinski definition) is 1. The van der Waals surface area contributed by atoms with E-state index in [1.807, 2.05) is 6.92 Å². The highest BCUT2D eigenvalue weighted by Crippen LogP contribution is 2.26. The van der Waals surface area contributed by atoms with Crippen LogP contribution in [0.4, 0.5) is 0 Å². The maximum absolute atomic E-state index is 11.3. The maximum Gasteiger partial charge on any atom is 0.318 e. The Hall–Kier alpha value is -1.76. The number of carboxylic acids is 1. The number of carbonyl (C=O) groups is 1. The maximum atomic E-state index is 11.3. The molecule has 0 heterocycles. The number of carboxylic acid groups (broad SMARTS) is 1. The average Bonchev–Trinajstić information content (AvgIpc) is 2.29. The van der Waals surface area contributed by atoms with E-state index in [4.69, 9.17) is 14.6 Å². The van der Waals surface area contributed by atoms with Crippen LogP contribution in [0.1, 0.15) is 6.92 Å². The number of sulfone groups is 1. The van der Waals surface area contributed by atoms with E-state index < -0.39 is 21.6 Å². The second-order valence-electron chi connectivity index (χ2n) is 3.71. The molecule has 106 valence electrons. The zero-order chi connectivity index (χ0) is 14.3. The van der Waals surface area contributed by atoms with Crippen LogP contribution in [0.15, 0.2) is 24.3 Å². The highest BCUT2D eigenvalue weighted by molar-refractivity contribution is 7.92. The predicted molar refractivity (Wildman–Crippen MR) is 69.4 cm³/mol. The molecule has 7 heteroatoms. The number of hydrogen-bond acceptors (Lipinski definition) is 5. The minimum Gasteiger partial charge on any atom is -0.490 e. The fourth-order valence-corrected chi connectivity index (χ4v) is 2.24. The molecule has 0 fully saturated rings. The van der Waals surface area contributed by atoms with Gasteiger partial charge in [0.25, 0.3) is 0 Å². The molecule has 0 aliphatic rings. The van der Waals surface area contributed by atoms with Gasteiger partial charge in [-0.25, -0.2) is 8.42 Å². The van der Waals surface area contributed by atoms with Crippen LogP contribution in [0, 0.1) is 0 Å². The van der Waals surface area contributed by atoms with Crippen LogP contribution < -0.4 is 9.47 Å². The summed E-state index contributed by atoms with van der Waals surface area (Å²) in [5.41, 5.74) is 0. The molecule has 0 bridgehead atoms. The Morgan fingerprint density at radius 1 is 1.21 bits per heavy atom. The van der Waals surface area contributed by atoms with Crippen molar-refractivity contribution in [3.05, 3.63) is 24.3 Å². The van der Waals surface area contributed by atoms with Crippen LogP contribution in [0.3, 0.4) is 0 Å². The minimum absolute atomic E-state index is 0.111. The number of benzene rings is 1. The van der Waals surface area contributed by atoms with Gasteiger partial charge in [-0.2, -0.15) is 0 Å². The Labute approximate surface area is 111 Å². The van der Waals surface area contributed by atoms with Gasteiger partial charge in [0.05, 0.1) is 12.4 Å². The van der Waals surface area contributed by atoms with Crippen molar-refractivity contribution in [1.82, 2.24) is 0 Å². The van der Waals surface area contributed by atoms with E-state index in [2.05, 4.69) is 0 Å². The van der Waals surface area contributed by atoms with Gasteiger partial charge in [-0.15, -0.1) is 0 Å². The molecule has 0 saturated carbocycles. The van der Waals surface area contributed by atoms with Gasteiger partial charge in [0.1, 0.15) is 12.4 Å². The number of rotatable bonds is 8. The van der Waals surface area contributed by atoms with Crippen molar-refractivity contribution in [2.75, 3.05) is 24.7 Å². The lowest BCUT2D eigenvalue weighted by Gasteiger charge is -2.11. The Morgan fingerprint density at radius 2 is 1.79 bits per heavy atom. The van der Waals surface area contributed by atoms with E-state index in [1.54, 1.807) is 24.3 Å². The van der Waals surface area contributed by atoms with E-state index in [1.165, 1.54) is 0 Å². The summed E-state index contributed by atoms with van der Waals surface area (Å²) < 4.78 is 33.3. The van der Waals surface area contributed by atoms with Gasteiger partial charge in [0.15, 0.2) is 21.3 Å². The molecule has 1 N–H and O–H groups in total. The second kappa shape index (κ2) is 6.98. The summed E-state index contributed by atoms with van der Waals surface area (Å²) in [4.78, 5) is 10.3. The molecule has 0 saturated heterocycles. The van der Waals surface area contributed by atoms with E-state index in [0.717, 1.165) is 0 Å². The van der Waals surface area contributed by atoms with E-state index in [0.29, 0.717) is 18.1 Å². The van der Waals surface area contributed by atoms with Crippen molar-refractivity contribution in [1.29, 1.82) is 0 Å². The summed E-state index contributed by atoms with van der Waals surface area (Å²) in [6.45, 7) is 2.19. The van der Waals surface area contributed by atoms with Gasteiger partial charge in [0, 0.05) is 0 Å². The molecule has 0 spiro atoms. The third-order valence-electron chi connectivity index (χ3n) is 2.14. The van der Waals surface area contributed by atoms with Gasteiger partial charge < -0.3 is 14.6 Å². The first-order chi connectivity index (χ1) is 8.94. The van der Waals surface area contributed by atoms with Crippen molar-refractivity contribution >= 4 is 15.8 Å². The van der Waals surface area contributed by atoms with Gasteiger partial charge >= 0.3 is 5.97 Å². The highest BCUT2D eigenvalue weighted by atomic mass is 32.2. The van der Waals surface area contributed by atoms with Gasteiger partial charge in [-0.1, -0.05) is 12.1 Å². The average molecular weight is 288 g/mol.